The summed E-state index contributed by atoms with van der Waals surface area (Å²) in [5.74, 6) is -0.904. The number of carbonyl (C=O) groups excluding carboxylic acids is 4. The molecule has 0 bridgehead atoms. The van der Waals surface area contributed by atoms with Gasteiger partial charge in [-0.3, -0.25) is 29.1 Å². The van der Waals surface area contributed by atoms with Gasteiger partial charge in [-0.25, -0.2) is 0 Å². The molecule has 0 spiro atoms. The molecule has 0 atom stereocenters. The first-order valence-electron chi connectivity index (χ1n) is 16.3. The number of amides is 4. The number of aromatic nitrogens is 2. The summed E-state index contributed by atoms with van der Waals surface area (Å²) in [5.41, 5.74) is 4.63. The third-order valence-corrected chi connectivity index (χ3v) is 7.33. The van der Waals surface area contributed by atoms with Gasteiger partial charge in [0, 0.05) is 40.2 Å². The maximum absolute atomic E-state index is 12.3. The summed E-state index contributed by atoms with van der Waals surface area (Å²) in [5, 5.41) is 20.8. The molecule has 266 valence electrons. The number of pyridine rings is 2. The number of carbonyl (C=O) groups is 4. The van der Waals surface area contributed by atoms with Gasteiger partial charge >= 0.3 is 0 Å². The Morgan fingerprint density at radius 1 is 0.647 bits per heavy atom. The lowest BCUT2D eigenvalue weighted by atomic mass is 10.1. The molecular weight excluding hydrogens is 710 g/mol. The Morgan fingerprint density at radius 3 is 1.47 bits per heavy atom. The van der Waals surface area contributed by atoms with E-state index in [4.69, 9.17) is 5.26 Å². The zero-order chi connectivity index (χ0) is 37.6. The highest BCUT2D eigenvalue weighted by molar-refractivity contribution is 9.08. The van der Waals surface area contributed by atoms with Crippen LogP contribution in [0.2, 0.25) is 0 Å². The number of hydrogen-bond acceptors (Lipinski definition) is 7. The maximum atomic E-state index is 12.3. The number of rotatable bonds is 10. The van der Waals surface area contributed by atoms with E-state index in [1.807, 2.05) is 90.1 Å². The molecule has 2 aromatic heterocycles. The minimum atomic E-state index is -0.369. The quantitative estimate of drug-likeness (QED) is 0.133. The van der Waals surface area contributed by atoms with Gasteiger partial charge < -0.3 is 21.3 Å². The Morgan fingerprint density at radius 2 is 1.06 bits per heavy atom. The summed E-state index contributed by atoms with van der Waals surface area (Å²) in [7, 11) is 0. The minimum absolute atomic E-state index is 0.139. The van der Waals surface area contributed by atoms with Gasteiger partial charge in [-0.2, -0.15) is 5.26 Å². The van der Waals surface area contributed by atoms with Crippen molar-refractivity contribution in [2.45, 2.75) is 77.2 Å². The Hall–Kier alpha value is -5.41. The molecule has 11 nitrogen and oxygen atoms in total. The standard InChI is InChI=1S/C20H22N4O2.C19H22BrN3O2/c1-20(2,3)24-19(26)17-13-16(8-10-22-17)23-18(25)12-15-6-4-5-14(11-15)7-9-21;1-19(2,3)23-18(25)16-11-15(7-8-21-16)22-17(24)10-13-5-4-6-14(9-13)12-20/h4-6,8,10-11,13H,7,12H2,1-3H3,(H,24,26)(H,22,23,25);4-9,11H,10,12H2,1-3H3,(H,23,25)(H,21,22,24). The number of nitrogens with one attached hydrogen (secondary N) is 4. The van der Waals surface area contributed by atoms with E-state index in [9.17, 15) is 19.2 Å². The molecule has 51 heavy (non-hydrogen) atoms. The second-order valence-corrected chi connectivity index (χ2v) is 14.4. The van der Waals surface area contributed by atoms with Crippen molar-refractivity contribution in [3.63, 3.8) is 0 Å². The van der Waals surface area contributed by atoms with Gasteiger partial charge in [0.15, 0.2) is 0 Å². The number of alkyl halides is 1. The number of anilines is 2. The molecular formula is C39H44BrN7O4. The number of nitriles is 1. The SMILES string of the molecule is CC(C)(C)NC(=O)c1cc(NC(=O)Cc2cccc(CBr)c2)ccn1.CC(C)(C)NC(=O)c1cc(NC(=O)Cc2cccc(CC#N)c2)ccn1. The Kier molecular flexibility index (Phi) is 14.6. The van der Waals surface area contributed by atoms with E-state index < -0.39 is 0 Å². The number of benzene rings is 2. The van der Waals surface area contributed by atoms with Crippen molar-refractivity contribution in [1.29, 1.82) is 5.26 Å². The van der Waals surface area contributed by atoms with Crippen molar-refractivity contribution >= 4 is 50.9 Å². The van der Waals surface area contributed by atoms with Crippen molar-refractivity contribution in [2.75, 3.05) is 10.6 Å². The van der Waals surface area contributed by atoms with Crippen LogP contribution in [0.4, 0.5) is 11.4 Å². The lowest BCUT2D eigenvalue weighted by Crippen LogP contribution is -2.40. The zero-order valence-corrected chi connectivity index (χ0v) is 31.3. The van der Waals surface area contributed by atoms with Crippen molar-refractivity contribution < 1.29 is 19.2 Å². The molecule has 2 heterocycles. The summed E-state index contributed by atoms with van der Waals surface area (Å²) in [6, 6.07) is 23.7. The van der Waals surface area contributed by atoms with Crippen LogP contribution in [0.1, 0.15) is 84.8 Å². The number of hydrogen-bond donors (Lipinski definition) is 4. The molecule has 0 saturated carbocycles. The van der Waals surface area contributed by atoms with E-state index in [-0.39, 0.29) is 58.9 Å². The molecule has 4 amide bonds. The first kappa shape index (κ1) is 40.0. The molecule has 0 saturated heterocycles. The summed E-state index contributed by atoms with van der Waals surface area (Å²) in [4.78, 5) is 57.0. The van der Waals surface area contributed by atoms with Gasteiger partial charge in [0.05, 0.1) is 25.3 Å². The first-order valence-corrected chi connectivity index (χ1v) is 17.4. The van der Waals surface area contributed by atoms with E-state index in [0.29, 0.717) is 17.8 Å². The highest BCUT2D eigenvalue weighted by atomic mass is 79.9. The topological polar surface area (TPSA) is 166 Å². The molecule has 4 N–H and O–H groups in total. The van der Waals surface area contributed by atoms with E-state index in [2.05, 4.69) is 53.2 Å². The molecule has 0 aliphatic carbocycles. The fourth-order valence-electron chi connectivity index (χ4n) is 4.62. The maximum Gasteiger partial charge on any atom is 0.270 e. The van der Waals surface area contributed by atoms with E-state index >= 15 is 0 Å². The van der Waals surface area contributed by atoms with Crippen LogP contribution in [0, 0.1) is 11.3 Å². The Labute approximate surface area is 307 Å². The van der Waals surface area contributed by atoms with Gasteiger partial charge in [-0.05, 0) is 88.1 Å². The normalized spacial score (nSPS) is 10.9. The van der Waals surface area contributed by atoms with Crippen LogP contribution < -0.4 is 21.3 Å². The molecule has 0 fully saturated rings. The predicted octanol–water partition coefficient (Wildman–Crippen LogP) is 6.54. The molecule has 0 aliphatic rings. The first-order chi connectivity index (χ1) is 24.0. The summed E-state index contributed by atoms with van der Waals surface area (Å²) in [6.45, 7) is 11.4. The summed E-state index contributed by atoms with van der Waals surface area (Å²) < 4.78 is 0. The van der Waals surface area contributed by atoms with Crippen molar-refractivity contribution in [2.24, 2.45) is 0 Å². The van der Waals surface area contributed by atoms with E-state index in [0.717, 1.165) is 27.6 Å². The molecule has 0 radical (unpaired) electrons. The van der Waals surface area contributed by atoms with Gasteiger partial charge in [0.2, 0.25) is 11.8 Å². The average Bonchev–Trinajstić information content (AvgIpc) is 3.04. The molecule has 4 aromatic rings. The average molecular weight is 755 g/mol. The molecule has 0 aliphatic heterocycles. The van der Waals surface area contributed by atoms with Crippen LogP contribution in [0.3, 0.4) is 0 Å². The van der Waals surface area contributed by atoms with Crippen molar-refractivity contribution in [3.05, 3.63) is 119 Å². The lowest BCUT2D eigenvalue weighted by molar-refractivity contribution is -0.116. The van der Waals surface area contributed by atoms with Crippen LogP contribution in [0.5, 0.6) is 0 Å². The molecule has 2 aromatic carbocycles. The molecule has 4 rings (SSSR count). The molecule has 12 heteroatoms. The largest absolute Gasteiger partial charge is 0.346 e. The van der Waals surface area contributed by atoms with Crippen LogP contribution >= 0.6 is 15.9 Å². The summed E-state index contributed by atoms with van der Waals surface area (Å²) in [6.07, 6.45) is 3.77. The zero-order valence-electron chi connectivity index (χ0n) is 29.8. The van der Waals surface area contributed by atoms with Crippen LogP contribution in [-0.2, 0) is 34.2 Å². The van der Waals surface area contributed by atoms with Crippen LogP contribution in [0.25, 0.3) is 0 Å². The highest BCUT2D eigenvalue weighted by Crippen LogP contribution is 2.14. The van der Waals surface area contributed by atoms with Crippen LogP contribution in [-0.4, -0.2) is 44.7 Å². The smallest absolute Gasteiger partial charge is 0.270 e. The van der Waals surface area contributed by atoms with Gasteiger partial charge in [-0.1, -0.05) is 64.5 Å². The predicted molar refractivity (Wildman–Crippen MR) is 202 cm³/mol. The van der Waals surface area contributed by atoms with Crippen LogP contribution in [0.15, 0.2) is 85.2 Å². The minimum Gasteiger partial charge on any atom is -0.346 e. The Bertz CT molecular complexity index is 1890. The van der Waals surface area contributed by atoms with Gasteiger partial charge in [-0.15, -0.1) is 0 Å². The number of halogens is 1. The van der Waals surface area contributed by atoms with Crippen molar-refractivity contribution in [3.8, 4) is 6.07 Å². The monoisotopic (exact) mass is 753 g/mol. The van der Waals surface area contributed by atoms with E-state index in [1.54, 1.807) is 24.3 Å². The second-order valence-electron chi connectivity index (χ2n) is 13.8. The third kappa shape index (κ3) is 14.9. The summed E-state index contributed by atoms with van der Waals surface area (Å²) >= 11 is 3.41. The Balaban J connectivity index is 0.000000276. The van der Waals surface area contributed by atoms with E-state index in [1.165, 1.54) is 12.4 Å². The highest BCUT2D eigenvalue weighted by Gasteiger charge is 2.18. The van der Waals surface area contributed by atoms with Gasteiger partial charge in [0.1, 0.15) is 11.4 Å². The lowest BCUT2D eigenvalue weighted by Gasteiger charge is -2.20. The second kappa shape index (κ2) is 18.5. The van der Waals surface area contributed by atoms with Crippen molar-refractivity contribution in [1.82, 2.24) is 20.6 Å². The fourth-order valence-corrected chi connectivity index (χ4v) is 4.97. The molecule has 0 unspecified atom stereocenters. The number of nitrogens with zero attached hydrogens (tertiary/aromatic N) is 3. The van der Waals surface area contributed by atoms with Gasteiger partial charge in [0.25, 0.3) is 11.8 Å². The fraction of sp³-hybridized carbons (Fsp3) is 0.308. The third-order valence-electron chi connectivity index (χ3n) is 6.68.